The minimum Gasteiger partial charge on any atom is -0.330 e. The standard InChI is InChI=1S/C17H19F3N4OS/c1-11(12-7-8-12)24(10-17(18,19)20)14(25)9-26-16-21-15(22-23-16)13-5-3-2-4-6-13/h2-6,11-12H,7-10H2,1H3,(H,21,22,23). The van der Waals surface area contributed by atoms with Crippen molar-refractivity contribution in [2.45, 2.75) is 37.1 Å². The van der Waals surface area contributed by atoms with Gasteiger partial charge in [0.25, 0.3) is 0 Å². The number of nitrogens with zero attached hydrogens (tertiary/aromatic N) is 3. The largest absolute Gasteiger partial charge is 0.406 e. The topological polar surface area (TPSA) is 61.9 Å². The van der Waals surface area contributed by atoms with Crippen LogP contribution in [0.15, 0.2) is 35.5 Å². The van der Waals surface area contributed by atoms with Crippen LogP contribution in [0.25, 0.3) is 11.4 Å². The van der Waals surface area contributed by atoms with E-state index in [1.165, 1.54) is 0 Å². The van der Waals surface area contributed by atoms with Gasteiger partial charge in [0.1, 0.15) is 6.54 Å². The summed E-state index contributed by atoms with van der Waals surface area (Å²) in [5.41, 5.74) is 0.847. The minimum atomic E-state index is -4.41. The van der Waals surface area contributed by atoms with Crippen molar-refractivity contribution < 1.29 is 18.0 Å². The number of hydrogen-bond acceptors (Lipinski definition) is 4. The first-order valence-electron chi connectivity index (χ1n) is 8.30. The lowest BCUT2D eigenvalue weighted by Gasteiger charge is -2.30. The molecule has 0 spiro atoms. The Hall–Kier alpha value is -2.03. The number of aromatic nitrogens is 3. The summed E-state index contributed by atoms with van der Waals surface area (Å²) in [6.45, 7) is 0.472. The lowest BCUT2D eigenvalue weighted by atomic mass is 10.2. The van der Waals surface area contributed by atoms with Crippen molar-refractivity contribution in [2.24, 2.45) is 5.92 Å². The number of halogens is 3. The predicted octanol–water partition coefficient (Wildman–Crippen LogP) is 3.75. The van der Waals surface area contributed by atoms with Gasteiger partial charge in [-0.3, -0.25) is 9.89 Å². The first-order chi connectivity index (χ1) is 12.3. The van der Waals surface area contributed by atoms with Crippen LogP contribution in [0.3, 0.4) is 0 Å². The predicted molar refractivity (Wildman–Crippen MR) is 92.5 cm³/mol. The van der Waals surface area contributed by atoms with Crippen LogP contribution >= 0.6 is 11.8 Å². The van der Waals surface area contributed by atoms with Gasteiger partial charge in [-0.05, 0) is 25.7 Å². The number of alkyl halides is 3. The number of H-pyrrole nitrogens is 1. The smallest absolute Gasteiger partial charge is 0.330 e. The third-order valence-electron chi connectivity index (χ3n) is 4.30. The molecule has 140 valence electrons. The zero-order chi connectivity index (χ0) is 18.7. The van der Waals surface area contributed by atoms with Crippen LogP contribution in [0, 0.1) is 5.92 Å². The molecule has 1 N–H and O–H groups in total. The van der Waals surface area contributed by atoms with E-state index in [4.69, 9.17) is 0 Å². The summed E-state index contributed by atoms with van der Waals surface area (Å²) < 4.78 is 38.5. The number of rotatable bonds is 7. The number of carbonyl (C=O) groups is 1. The van der Waals surface area contributed by atoms with E-state index in [0.29, 0.717) is 11.0 Å². The van der Waals surface area contributed by atoms with Crippen molar-refractivity contribution in [2.75, 3.05) is 12.3 Å². The molecule has 1 atom stereocenters. The van der Waals surface area contributed by atoms with Crippen LogP contribution in [-0.2, 0) is 4.79 Å². The molecule has 1 heterocycles. The zero-order valence-electron chi connectivity index (χ0n) is 14.2. The van der Waals surface area contributed by atoms with E-state index >= 15 is 0 Å². The summed E-state index contributed by atoms with van der Waals surface area (Å²) in [6.07, 6.45) is -2.66. The first-order valence-corrected chi connectivity index (χ1v) is 9.29. The molecule has 9 heteroatoms. The molecule has 1 saturated carbocycles. The Morgan fingerprint density at radius 2 is 2.04 bits per heavy atom. The van der Waals surface area contributed by atoms with E-state index in [1.54, 1.807) is 6.92 Å². The molecule has 5 nitrogen and oxygen atoms in total. The second kappa shape index (κ2) is 7.69. The van der Waals surface area contributed by atoms with Gasteiger partial charge in [-0.1, -0.05) is 42.1 Å². The maximum Gasteiger partial charge on any atom is 0.406 e. The molecule has 1 aromatic carbocycles. The number of nitrogens with one attached hydrogen (secondary N) is 1. The third kappa shape index (κ3) is 5.00. The van der Waals surface area contributed by atoms with Crippen molar-refractivity contribution in [1.82, 2.24) is 20.1 Å². The van der Waals surface area contributed by atoms with Crippen molar-refractivity contribution in [3.8, 4) is 11.4 Å². The number of hydrogen-bond donors (Lipinski definition) is 1. The SMILES string of the molecule is CC(C1CC1)N(CC(F)(F)F)C(=O)CSc1n[nH]c(-c2ccccc2)n1. The lowest BCUT2D eigenvalue weighted by Crippen LogP contribution is -2.46. The van der Waals surface area contributed by atoms with Gasteiger partial charge >= 0.3 is 6.18 Å². The highest BCUT2D eigenvalue weighted by molar-refractivity contribution is 7.99. The molecule has 1 unspecified atom stereocenters. The number of aromatic amines is 1. The molecule has 1 amide bonds. The maximum absolute atomic E-state index is 12.8. The minimum absolute atomic E-state index is 0.126. The highest BCUT2D eigenvalue weighted by Gasteiger charge is 2.40. The molecule has 0 radical (unpaired) electrons. The molecular formula is C17H19F3N4OS. The molecule has 2 aromatic rings. The van der Waals surface area contributed by atoms with Crippen LogP contribution in [0.4, 0.5) is 13.2 Å². The number of amides is 1. The Bertz CT molecular complexity index is 746. The molecular weight excluding hydrogens is 365 g/mol. The van der Waals surface area contributed by atoms with Crippen LogP contribution in [-0.4, -0.2) is 50.5 Å². The molecule has 1 aromatic heterocycles. The van der Waals surface area contributed by atoms with E-state index in [2.05, 4.69) is 15.2 Å². The van der Waals surface area contributed by atoms with Crippen molar-refractivity contribution >= 4 is 17.7 Å². The number of carbonyl (C=O) groups excluding carboxylic acids is 1. The Balaban J connectivity index is 1.62. The van der Waals surface area contributed by atoms with Gasteiger partial charge in [-0.2, -0.15) is 13.2 Å². The van der Waals surface area contributed by atoms with E-state index < -0.39 is 24.7 Å². The summed E-state index contributed by atoms with van der Waals surface area (Å²) in [5.74, 6) is 0.0514. The summed E-state index contributed by atoms with van der Waals surface area (Å²) >= 11 is 1.04. The first kappa shape index (κ1) is 18.8. The fourth-order valence-electron chi connectivity index (χ4n) is 2.73. The molecule has 0 bridgehead atoms. The van der Waals surface area contributed by atoms with Crippen LogP contribution < -0.4 is 0 Å². The Morgan fingerprint density at radius 1 is 1.35 bits per heavy atom. The number of thioether (sulfide) groups is 1. The average molecular weight is 384 g/mol. The van der Waals surface area contributed by atoms with Gasteiger partial charge in [-0.15, -0.1) is 5.10 Å². The van der Waals surface area contributed by atoms with Crippen LogP contribution in [0.2, 0.25) is 0 Å². The summed E-state index contributed by atoms with van der Waals surface area (Å²) in [4.78, 5) is 17.6. The molecule has 0 aliphatic heterocycles. The highest BCUT2D eigenvalue weighted by atomic mass is 32.2. The molecule has 1 fully saturated rings. The Kier molecular flexibility index (Phi) is 5.55. The van der Waals surface area contributed by atoms with Gasteiger partial charge < -0.3 is 4.90 Å². The fraction of sp³-hybridized carbons (Fsp3) is 0.471. The maximum atomic E-state index is 12.8. The normalized spacial score (nSPS) is 15.7. The molecule has 26 heavy (non-hydrogen) atoms. The van der Waals surface area contributed by atoms with Gasteiger partial charge in [0, 0.05) is 11.6 Å². The van der Waals surface area contributed by atoms with Gasteiger partial charge in [0.2, 0.25) is 11.1 Å². The van der Waals surface area contributed by atoms with E-state index in [-0.39, 0.29) is 11.7 Å². The van der Waals surface area contributed by atoms with Gasteiger partial charge in [-0.25, -0.2) is 4.98 Å². The molecule has 1 aliphatic rings. The number of benzene rings is 1. The Morgan fingerprint density at radius 3 is 2.65 bits per heavy atom. The second-order valence-electron chi connectivity index (χ2n) is 6.34. The summed E-state index contributed by atoms with van der Waals surface area (Å²) in [6, 6.07) is 8.93. The highest BCUT2D eigenvalue weighted by Crippen LogP contribution is 2.36. The Labute approximate surface area is 153 Å². The summed E-state index contributed by atoms with van der Waals surface area (Å²) in [7, 11) is 0. The molecule has 3 rings (SSSR count). The van der Waals surface area contributed by atoms with E-state index in [9.17, 15) is 18.0 Å². The van der Waals surface area contributed by atoms with Crippen molar-refractivity contribution in [1.29, 1.82) is 0 Å². The van der Waals surface area contributed by atoms with Crippen LogP contribution in [0.1, 0.15) is 19.8 Å². The summed E-state index contributed by atoms with van der Waals surface area (Å²) in [5, 5.41) is 7.14. The zero-order valence-corrected chi connectivity index (χ0v) is 15.0. The quantitative estimate of drug-likeness (QED) is 0.739. The average Bonchev–Trinajstić information content (AvgIpc) is 3.35. The van der Waals surface area contributed by atoms with Gasteiger partial charge in [0.05, 0.1) is 5.75 Å². The fourth-order valence-corrected chi connectivity index (χ4v) is 3.42. The molecule has 0 saturated heterocycles. The van der Waals surface area contributed by atoms with Gasteiger partial charge in [0.15, 0.2) is 5.82 Å². The second-order valence-corrected chi connectivity index (χ2v) is 7.28. The molecule has 1 aliphatic carbocycles. The van der Waals surface area contributed by atoms with Crippen molar-refractivity contribution in [3.05, 3.63) is 30.3 Å². The van der Waals surface area contributed by atoms with Crippen LogP contribution in [0.5, 0.6) is 0 Å². The lowest BCUT2D eigenvalue weighted by molar-refractivity contribution is -0.164. The van der Waals surface area contributed by atoms with E-state index in [1.807, 2.05) is 30.3 Å². The monoisotopic (exact) mass is 384 g/mol. The third-order valence-corrected chi connectivity index (χ3v) is 5.13. The van der Waals surface area contributed by atoms with E-state index in [0.717, 1.165) is 35.1 Å². The van der Waals surface area contributed by atoms with Crippen molar-refractivity contribution in [3.63, 3.8) is 0 Å².